The van der Waals surface area contributed by atoms with Gasteiger partial charge < -0.3 is 9.14 Å². The number of anilines is 1. The summed E-state index contributed by atoms with van der Waals surface area (Å²) < 4.78 is 34.5. The van der Waals surface area contributed by atoms with Gasteiger partial charge >= 0.3 is 0 Å². The van der Waals surface area contributed by atoms with Crippen LogP contribution in [0, 0.1) is 6.92 Å². The molecule has 0 saturated heterocycles. The van der Waals surface area contributed by atoms with Gasteiger partial charge in [-0.25, -0.2) is 13.4 Å². The number of ether oxygens (including phenoxy) is 1. The number of imidazole rings is 1. The summed E-state index contributed by atoms with van der Waals surface area (Å²) in [5.74, 6) is 0.552. The number of nitrogens with zero attached hydrogens (tertiary/aromatic N) is 2. The van der Waals surface area contributed by atoms with Crippen LogP contribution in [0.5, 0.6) is 5.75 Å². The zero-order chi connectivity index (χ0) is 15.7. The minimum absolute atomic E-state index is 0.0899. The fraction of sp³-hybridized carbons (Fsp3) is 0.133. The Kier molecular flexibility index (Phi) is 3.50. The number of hydrogen-bond acceptors (Lipinski definition) is 4. The molecule has 7 heteroatoms. The molecule has 0 radical (unpaired) electrons. The van der Waals surface area contributed by atoms with Gasteiger partial charge in [-0.1, -0.05) is 12.1 Å². The van der Waals surface area contributed by atoms with E-state index >= 15 is 0 Å². The molecule has 0 aliphatic rings. The quantitative estimate of drug-likeness (QED) is 0.802. The van der Waals surface area contributed by atoms with Gasteiger partial charge in [0.25, 0.3) is 10.0 Å². The summed E-state index contributed by atoms with van der Waals surface area (Å²) in [6, 6.07) is 10.5. The van der Waals surface area contributed by atoms with Crippen LogP contribution in [0.1, 0.15) is 5.56 Å². The highest BCUT2D eigenvalue weighted by Gasteiger charge is 2.21. The second-order valence-corrected chi connectivity index (χ2v) is 6.50. The van der Waals surface area contributed by atoms with Gasteiger partial charge in [0, 0.05) is 6.20 Å². The van der Waals surface area contributed by atoms with Gasteiger partial charge in [0.05, 0.1) is 13.3 Å². The van der Waals surface area contributed by atoms with Crippen LogP contribution >= 0.6 is 0 Å². The Labute approximate surface area is 128 Å². The van der Waals surface area contributed by atoms with Crippen molar-refractivity contribution in [1.82, 2.24) is 9.38 Å². The topological polar surface area (TPSA) is 72.7 Å². The van der Waals surface area contributed by atoms with Crippen LogP contribution < -0.4 is 9.46 Å². The minimum atomic E-state index is -3.78. The molecule has 0 fully saturated rings. The lowest BCUT2D eigenvalue weighted by molar-refractivity contribution is 0.402. The summed E-state index contributed by atoms with van der Waals surface area (Å²) in [4.78, 5) is 4.32. The highest BCUT2D eigenvalue weighted by Crippen LogP contribution is 2.26. The molecule has 0 atom stereocenters. The minimum Gasteiger partial charge on any atom is -0.495 e. The van der Waals surface area contributed by atoms with Crippen molar-refractivity contribution >= 4 is 21.5 Å². The van der Waals surface area contributed by atoms with E-state index in [0.717, 1.165) is 5.56 Å². The molecule has 0 saturated carbocycles. The third-order valence-corrected chi connectivity index (χ3v) is 4.59. The lowest BCUT2D eigenvalue weighted by Crippen LogP contribution is -2.14. The van der Waals surface area contributed by atoms with Gasteiger partial charge in [-0.2, -0.15) is 0 Å². The van der Waals surface area contributed by atoms with E-state index in [0.29, 0.717) is 11.4 Å². The van der Waals surface area contributed by atoms with Crippen molar-refractivity contribution in [1.29, 1.82) is 0 Å². The van der Waals surface area contributed by atoms with Gasteiger partial charge in [-0.15, -0.1) is 0 Å². The van der Waals surface area contributed by atoms with E-state index in [9.17, 15) is 8.42 Å². The van der Waals surface area contributed by atoms with Crippen molar-refractivity contribution in [2.24, 2.45) is 0 Å². The average molecular weight is 317 g/mol. The Bertz CT molecular complexity index is 899. The van der Waals surface area contributed by atoms with Crippen LogP contribution in [0.2, 0.25) is 0 Å². The van der Waals surface area contributed by atoms with Crippen molar-refractivity contribution in [2.45, 2.75) is 11.8 Å². The first-order valence-electron chi connectivity index (χ1n) is 6.61. The first-order valence-corrected chi connectivity index (χ1v) is 8.09. The highest BCUT2D eigenvalue weighted by atomic mass is 32.2. The fourth-order valence-corrected chi connectivity index (χ4v) is 3.41. The van der Waals surface area contributed by atoms with Crippen LogP contribution in [0.3, 0.4) is 0 Å². The van der Waals surface area contributed by atoms with Crippen LogP contribution in [0.4, 0.5) is 5.82 Å². The third kappa shape index (κ3) is 2.62. The molecule has 2 heterocycles. The first kappa shape index (κ1) is 14.4. The lowest BCUT2D eigenvalue weighted by Gasteiger charge is -2.10. The predicted molar refractivity (Wildman–Crippen MR) is 83.7 cm³/mol. The number of aromatic nitrogens is 2. The van der Waals surface area contributed by atoms with Crippen LogP contribution in [-0.4, -0.2) is 24.9 Å². The molecule has 0 spiro atoms. The molecule has 1 N–H and O–H groups in total. The number of sulfonamides is 1. The van der Waals surface area contributed by atoms with E-state index in [1.54, 1.807) is 41.1 Å². The molecule has 22 heavy (non-hydrogen) atoms. The van der Waals surface area contributed by atoms with Gasteiger partial charge in [0.2, 0.25) is 0 Å². The third-order valence-electron chi connectivity index (χ3n) is 3.21. The highest BCUT2D eigenvalue weighted by molar-refractivity contribution is 7.92. The standard InChI is InChI=1S/C15H15N3O3S/c1-11-6-7-12(21-2)13(9-11)22(19,20)17-14-10-18-8-4-3-5-15(18)16-14/h3-10,17H,1-2H3. The zero-order valence-electron chi connectivity index (χ0n) is 12.1. The summed E-state index contributed by atoms with van der Waals surface area (Å²) in [5, 5.41) is 0. The Morgan fingerprint density at radius 2 is 2.05 bits per heavy atom. The molecule has 0 bridgehead atoms. The normalized spacial score (nSPS) is 11.5. The molecular weight excluding hydrogens is 302 g/mol. The summed E-state index contributed by atoms with van der Waals surface area (Å²) in [7, 11) is -2.34. The molecule has 0 aliphatic heterocycles. The van der Waals surface area contributed by atoms with E-state index in [-0.39, 0.29) is 10.7 Å². The molecular formula is C15H15N3O3S. The van der Waals surface area contributed by atoms with E-state index in [1.807, 2.05) is 19.1 Å². The van der Waals surface area contributed by atoms with E-state index in [2.05, 4.69) is 9.71 Å². The average Bonchev–Trinajstić information content (AvgIpc) is 2.88. The maximum atomic E-state index is 12.6. The second-order valence-electron chi connectivity index (χ2n) is 4.85. The van der Waals surface area contributed by atoms with Gasteiger partial charge in [0.15, 0.2) is 5.82 Å². The molecule has 6 nitrogen and oxygen atoms in total. The summed E-state index contributed by atoms with van der Waals surface area (Å²) >= 11 is 0. The van der Waals surface area contributed by atoms with E-state index in [4.69, 9.17) is 4.74 Å². The number of aryl methyl sites for hydroxylation is 1. The lowest BCUT2D eigenvalue weighted by atomic mass is 10.2. The van der Waals surface area contributed by atoms with Gasteiger partial charge in [-0.3, -0.25) is 4.72 Å². The Balaban J connectivity index is 2.01. The molecule has 2 aromatic heterocycles. The van der Waals surface area contributed by atoms with Crippen molar-refractivity contribution in [2.75, 3.05) is 11.8 Å². The molecule has 0 unspecified atom stereocenters. The Hall–Kier alpha value is -2.54. The fourth-order valence-electron chi connectivity index (χ4n) is 2.17. The van der Waals surface area contributed by atoms with Gasteiger partial charge in [-0.05, 0) is 36.8 Å². The van der Waals surface area contributed by atoms with Crippen molar-refractivity contribution in [3.63, 3.8) is 0 Å². The predicted octanol–water partition coefficient (Wildman–Crippen LogP) is 2.45. The van der Waals surface area contributed by atoms with Crippen LogP contribution in [0.15, 0.2) is 53.7 Å². The van der Waals surface area contributed by atoms with E-state index < -0.39 is 10.0 Å². The Morgan fingerprint density at radius 1 is 1.23 bits per heavy atom. The molecule has 3 aromatic rings. The number of hydrogen-bond donors (Lipinski definition) is 1. The van der Waals surface area contributed by atoms with Crippen molar-refractivity contribution in [3.8, 4) is 5.75 Å². The maximum absolute atomic E-state index is 12.6. The van der Waals surface area contributed by atoms with Crippen molar-refractivity contribution < 1.29 is 13.2 Å². The molecule has 3 rings (SSSR count). The van der Waals surface area contributed by atoms with E-state index in [1.165, 1.54) is 7.11 Å². The maximum Gasteiger partial charge on any atom is 0.266 e. The largest absolute Gasteiger partial charge is 0.495 e. The van der Waals surface area contributed by atoms with Crippen LogP contribution in [-0.2, 0) is 10.0 Å². The smallest absolute Gasteiger partial charge is 0.266 e. The number of fused-ring (bicyclic) bond motifs is 1. The SMILES string of the molecule is COc1ccc(C)cc1S(=O)(=O)Nc1cn2ccccc2n1. The second kappa shape index (κ2) is 5.34. The number of methoxy groups -OCH3 is 1. The number of pyridine rings is 1. The van der Waals surface area contributed by atoms with Gasteiger partial charge in [0.1, 0.15) is 16.3 Å². The number of nitrogens with one attached hydrogen (secondary N) is 1. The first-order chi connectivity index (χ1) is 10.5. The molecule has 0 amide bonds. The van der Waals surface area contributed by atoms with Crippen LogP contribution in [0.25, 0.3) is 5.65 Å². The molecule has 114 valence electrons. The molecule has 0 aliphatic carbocycles. The summed E-state index contributed by atoms with van der Waals surface area (Å²) in [6.45, 7) is 1.82. The molecule has 1 aromatic carbocycles. The number of benzene rings is 1. The summed E-state index contributed by atoms with van der Waals surface area (Å²) in [6.07, 6.45) is 3.42. The Morgan fingerprint density at radius 3 is 2.77 bits per heavy atom. The number of rotatable bonds is 4. The zero-order valence-corrected chi connectivity index (χ0v) is 13.0. The monoisotopic (exact) mass is 317 g/mol. The summed E-state index contributed by atoms with van der Waals surface area (Å²) in [5.41, 5.74) is 1.49. The van der Waals surface area contributed by atoms with Crippen molar-refractivity contribution in [3.05, 3.63) is 54.4 Å².